The van der Waals surface area contributed by atoms with Crippen molar-refractivity contribution >= 4 is 0 Å². The largest absolute Gasteiger partial charge is 0.316 e. The molecule has 0 amide bonds. The minimum Gasteiger partial charge on any atom is -0.316 e. The standard InChI is InChI=1S/C18H33N3/c1-7-21(13-18-10-8-9-16(5)20-18)17(6)15(4)12-19-11-14(2)3/h8-10,14-15,17,19H,7,11-13H2,1-6H3. The Bertz CT molecular complexity index is 403. The number of pyridine rings is 1. The average molecular weight is 291 g/mol. The summed E-state index contributed by atoms with van der Waals surface area (Å²) >= 11 is 0. The molecular weight excluding hydrogens is 258 g/mol. The lowest BCUT2D eigenvalue weighted by Gasteiger charge is -2.32. The van der Waals surface area contributed by atoms with E-state index in [-0.39, 0.29) is 0 Å². The number of rotatable bonds is 9. The molecular formula is C18H33N3. The van der Waals surface area contributed by atoms with Gasteiger partial charge in [0.15, 0.2) is 0 Å². The quantitative estimate of drug-likeness (QED) is 0.755. The Morgan fingerprint density at radius 1 is 1.14 bits per heavy atom. The highest BCUT2D eigenvalue weighted by Gasteiger charge is 2.19. The van der Waals surface area contributed by atoms with Gasteiger partial charge in [0.25, 0.3) is 0 Å². The van der Waals surface area contributed by atoms with Crippen LogP contribution in [0.3, 0.4) is 0 Å². The maximum absolute atomic E-state index is 4.63. The Labute approximate surface area is 131 Å². The molecule has 1 N–H and O–H groups in total. The van der Waals surface area contributed by atoms with Crippen LogP contribution in [-0.2, 0) is 6.54 Å². The van der Waals surface area contributed by atoms with Crippen molar-refractivity contribution < 1.29 is 0 Å². The van der Waals surface area contributed by atoms with E-state index in [0.29, 0.717) is 17.9 Å². The molecule has 1 aromatic rings. The topological polar surface area (TPSA) is 28.2 Å². The average Bonchev–Trinajstić information content (AvgIpc) is 2.43. The normalized spacial score (nSPS) is 14.7. The molecule has 1 heterocycles. The molecule has 0 spiro atoms. The van der Waals surface area contributed by atoms with E-state index < -0.39 is 0 Å². The van der Waals surface area contributed by atoms with Crippen LogP contribution in [-0.4, -0.2) is 35.6 Å². The molecule has 0 fully saturated rings. The Kier molecular flexibility index (Phi) is 7.91. The minimum atomic E-state index is 0.553. The maximum atomic E-state index is 4.63. The Hall–Kier alpha value is -0.930. The van der Waals surface area contributed by atoms with Crippen molar-refractivity contribution in [3.63, 3.8) is 0 Å². The molecule has 0 radical (unpaired) electrons. The lowest BCUT2D eigenvalue weighted by atomic mass is 10.0. The van der Waals surface area contributed by atoms with Crippen molar-refractivity contribution in [3.05, 3.63) is 29.6 Å². The first-order valence-corrected chi connectivity index (χ1v) is 8.31. The third-order valence-corrected chi connectivity index (χ3v) is 4.14. The van der Waals surface area contributed by atoms with Crippen molar-refractivity contribution in [2.45, 2.75) is 54.1 Å². The molecule has 0 aliphatic heterocycles. The number of hydrogen-bond donors (Lipinski definition) is 1. The second kappa shape index (κ2) is 9.16. The van der Waals surface area contributed by atoms with E-state index in [2.05, 4.69) is 74.9 Å². The fraction of sp³-hybridized carbons (Fsp3) is 0.722. The van der Waals surface area contributed by atoms with Gasteiger partial charge in [0.1, 0.15) is 0 Å². The first-order chi connectivity index (χ1) is 9.93. The summed E-state index contributed by atoms with van der Waals surface area (Å²) in [5.74, 6) is 1.35. The smallest absolute Gasteiger partial charge is 0.0547 e. The van der Waals surface area contributed by atoms with Crippen LogP contribution in [0.5, 0.6) is 0 Å². The van der Waals surface area contributed by atoms with E-state index in [1.165, 1.54) is 5.69 Å². The number of nitrogens with one attached hydrogen (secondary N) is 1. The summed E-state index contributed by atoms with van der Waals surface area (Å²) in [6, 6.07) is 6.84. The van der Waals surface area contributed by atoms with Gasteiger partial charge in [0.2, 0.25) is 0 Å². The summed E-state index contributed by atoms with van der Waals surface area (Å²) in [7, 11) is 0. The van der Waals surface area contributed by atoms with E-state index in [0.717, 1.165) is 31.9 Å². The van der Waals surface area contributed by atoms with Gasteiger partial charge in [-0.2, -0.15) is 0 Å². The molecule has 0 aromatic carbocycles. The Morgan fingerprint density at radius 2 is 1.86 bits per heavy atom. The third kappa shape index (κ3) is 6.58. The molecule has 0 saturated carbocycles. The zero-order chi connectivity index (χ0) is 15.8. The molecule has 120 valence electrons. The maximum Gasteiger partial charge on any atom is 0.0547 e. The number of hydrogen-bond acceptors (Lipinski definition) is 3. The summed E-state index contributed by atoms with van der Waals surface area (Å²) in [5.41, 5.74) is 2.27. The predicted octanol–water partition coefficient (Wildman–Crippen LogP) is 3.48. The molecule has 3 nitrogen and oxygen atoms in total. The SMILES string of the molecule is CCN(Cc1cccc(C)n1)C(C)C(C)CNCC(C)C. The Balaban J connectivity index is 2.53. The highest BCUT2D eigenvalue weighted by molar-refractivity contribution is 5.09. The molecule has 1 aromatic heterocycles. The van der Waals surface area contributed by atoms with Crippen LogP contribution in [0.4, 0.5) is 0 Å². The van der Waals surface area contributed by atoms with Gasteiger partial charge in [-0.15, -0.1) is 0 Å². The molecule has 21 heavy (non-hydrogen) atoms. The molecule has 1 rings (SSSR count). The van der Waals surface area contributed by atoms with Crippen molar-refractivity contribution in [2.24, 2.45) is 11.8 Å². The fourth-order valence-electron chi connectivity index (χ4n) is 2.57. The van der Waals surface area contributed by atoms with Crippen molar-refractivity contribution in [3.8, 4) is 0 Å². The summed E-state index contributed by atoms with van der Waals surface area (Å²) < 4.78 is 0. The van der Waals surface area contributed by atoms with Crippen LogP contribution in [0.15, 0.2) is 18.2 Å². The first-order valence-electron chi connectivity index (χ1n) is 8.31. The highest BCUT2D eigenvalue weighted by atomic mass is 15.2. The molecule has 2 unspecified atom stereocenters. The van der Waals surface area contributed by atoms with Gasteiger partial charge < -0.3 is 5.32 Å². The second-order valence-corrected chi connectivity index (χ2v) is 6.60. The number of nitrogens with zero attached hydrogens (tertiary/aromatic N) is 2. The lowest BCUT2D eigenvalue weighted by molar-refractivity contribution is 0.157. The summed E-state index contributed by atoms with van der Waals surface area (Å²) in [6.07, 6.45) is 0. The fourth-order valence-corrected chi connectivity index (χ4v) is 2.57. The van der Waals surface area contributed by atoms with Gasteiger partial charge in [0, 0.05) is 18.3 Å². The van der Waals surface area contributed by atoms with Gasteiger partial charge >= 0.3 is 0 Å². The summed E-state index contributed by atoms with van der Waals surface area (Å²) in [6.45, 7) is 17.7. The van der Waals surface area contributed by atoms with E-state index >= 15 is 0 Å². The zero-order valence-electron chi connectivity index (χ0n) is 14.7. The summed E-state index contributed by atoms with van der Waals surface area (Å²) in [5, 5.41) is 3.58. The van der Waals surface area contributed by atoms with Gasteiger partial charge in [-0.25, -0.2) is 0 Å². The zero-order valence-corrected chi connectivity index (χ0v) is 14.7. The van der Waals surface area contributed by atoms with E-state index in [1.807, 2.05) is 0 Å². The highest BCUT2D eigenvalue weighted by Crippen LogP contribution is 2.13. The van der Waals surface area contributed by atoms with Crippen LogP contribution >= 0.6 is 0 Å². The number of aryl methyl sites for hydroxylation is 1. The van der Waals surface area contributed by atoms with E-state index in [9.17, 15) is 0 Å². The van der Waals surface area contributed by atoms with Crippen LogP contribution in [0.2, 0.25) is 0 Å². The molecule has 0 aliphatic rings. The molecule has 0 saturated heterocycles. The van der Waals surface area contributed by atoms with Gasteiger partial charge in [-0.1, -0.05) is 33.8 Å². The summed E-state index contributed by atoms with van der Waals surface area (Å²) in [4.78, 5) is 7.15. The molecule has 3 heteroatoms. The van der Waals surface area contributed by atoms with E-state index in [4.69, 9.17) is 0 Å². The molecule has 0 bridgehead atoms. The molecule has 0 aliphatic carbocycles. The first kappa shape index (κ1) is 18.1. The van der Waals surface area contributed by atoms with E-state index in [1.54, 1.807) is 0 Å². The number of aromatic nitrogens is 1. The predicted molar refractivity (Wildman–Crippen MR) is 91.4 cm³/mol. The second-order valence-electron chi connectivity index (χ2n) is 6.60. The van der Waals surface area contributed by atoms with Crippen molar-refractivity contribution in [2.75, 3.05) is 19.6 Å². The monoisotopic (exact) mass is 291 g/mol. The molecule has 2 atom stereocenters. The van der Waals surface area contributed by atoms with Crippen LogP contribution in [0.1, 0.15) is 46.0 Å². The van der Waals surface area contributed by atoms with Crippen LogP contribution in [0.25, 0.3) is 0 Å². The third-order valence-electron chi connectivity index (χ3n) is 4.14. The van der Waals surface area contributed by atoms with Gasteiger partial charge in [-0.3, -0.25) is 9.88 Å². The Morgan fingerprint density at radius 3 is 2.43 bits per heavy atom. The van der Waals surface area contributed by atoms with Crippen molar-refractivity contribution in [1.29, 1.82) is 0 Å². The lowest BCUT2D eigenvalue weighted by Crippen LogP contribution is -2.41. The van der Waals surface area contributed by atoms with Gasteiger partial charge in [0.05, 0.1) is 5.69 Å². The minimum absolute atomic E-state index is 0.553. The van der Waals surface area contributed by atoms with Gasteiger partial charge in [-0.05, 0) is 57.5 Å². The van der Waals surface area contributed by atoms with Crippen LogP contribution in [0, 0.1) is 18.8 Å². The van der Waals surface area contributed by atoms with Crippen molar-refractivity contribution in [1.82, 2.24) is 15.2 Å². The van der Waals surface area contributed by atoms with Crippen LogP contribution < -0.4 is 5.32 Å².